The van der Waals surface area contributed by atoms with Gasteiger partial charge in [-0.3, -0.25) is 4.79 Å². The van der Waals surface area contributed by atoms with E-state index >= 15 is 0 Å². The summed E-state index contributed by atoms with van der Waals surface area (Å²) < 4.78 is 59.6. The van der Waals surface area contributed by atoms with Gasteiger partial charge in [-0.05, 0) is 19.4 Å². The number of carbonyl (C=O) groups is 1. The summed E-state index contributed by atoms with van der Waals surface area (Å²) in [5, 5.41) is 0. The summed E-state index contributed by atoms with van der Waals surface area (Å²) >= 11 is 0. The normalized spacial score (nSPS) is 22.4. The number of carbonyl (C=O) groups excluding carboxylic acids is 1. The van der Waals surface area contributed by atoms with Gasteiger partial charge in [0, 0.05) is 5.56 Å². The summed E-state index contributed by atoms with van der Waals surface area (Å²) in [5.74, 6) is -2.75. The molecule has 1 atom stereocenters. The van der Waals surface area contributed by atoms with Gasteiger partial charge in [-0.1, -0.05) is 59.7 Å². The second-order valence-electron chi connectivity index (χ2n) is 5.84. The molecule has 1 aliphatic heterocycles. The van der Waals surface area contributed by atoms with Crippen LogP contribution >= 0.6 is 0 Å². The molecule has 1 aliphatic rings. The van der Waals surface area contributed by atoms with Gasteiger partial charge in [0.15, 0.2) is 6.08 Å². The molecule has 136 valence electrons. The molecule has 0 amide bonds. The van der Waals surface area contributed by atoms with Gasteiger partial charge in [0.2, 0.25) is 17.4 Å². The molecule has 3 rings (SSSR count). The molecule has 0 saturated heterocycles. The number of ketones is 1. The van der Waals surface area contributed by atoms with Crippen LogP contribution in [0.1, 0.15) is 32.4 Å². The first-order valence-electron chi connectivity index (χ1n) is 9.20. The topological polar surface area (TPSA) is 95.7 Å². The highest BCUT2D eigenvalue weighted by Crippen LogP contribution is 2.33. The van der Waals surface area contributed by atoms with Crippen LogP contribution in [-0.2, 0) is 29.5 Å². The van der Waals surface area contributed by atoms with Gasteiger partial charge in [-0.15, -0.1) is 0 Å². The third kappa shape index (κ3) is 3.88. The Morgan fingerprint density at radius 2 is 1.81 bits per heavy atom. The van der Waals surface area contributed by atoms with Crippen molar-refractivity contribution >= 4 is 15.9 Å². The molecule has 2 aromatic carbocycles. The minimum absolute atomic E-state index is 0.157. The zero-order chi connectivity index (χ0) is 21.6. The van der Waals surface area contributed by atoms with E-state index in [1.807, 2.05) is 6.07 Å². The third-order valence-electron chi connectivity index (χ3n) is 3.54. The largest absolute Gasteiger partial charge is 0.460 e. The van der Waals surface area contributed by atoms with Crippen LogP contribution in [0.4, 0.5) is 0 Å². The molecule has 0 unspecified atom stereocenters. The van der Waals surface area contributed by atoms with Gasteiger partial charge in [0.25, 0.3) is 0 Å². The summed E-state index contributed by atoms with van der Waals surface area (Å²) in [7, 11) is -5.00. The zero-order valence-corrected chi connectivity index (χ0v) is 15.0. The Bertz CT molecular complexity index is 1100. The number of aryl methyl sites for hydroxylation is 2. The SMILES string of the molecule is [2H]C([2H])(c1ccccc1)S(=O)(=O)OC1=C(N)O[C@]([2H])(c2cc(C)cc(C)c2)C1=O. The minimum atomic E-state index is -5.00. The second-order valence-corrected chi connectivity index (χ2v) is 7.11. The van der Waals surface area contributed by atoms with Crippen LogP contribution in [-0.4, -0.2) is 14.2 Å². The zero-order valence-electron chi connectivity index (χ0n) is 17.1. The molecule has 0 aliphatic carbocycles. The molecule has 2 aromatic rings. The standard InChI is InChI=1S/C19H19NO5S/c1-12-8-13(2)10-15(9-12)17-16(21)18(19(20)24-17)25-26(22,23)11-14-6-4-3-5-7-14/h3-10,17H,11,20H2,1-2H3/t17-/m1/s1/i11D2,17D. The molecule has 6 nitrogen and oxygen atoms in total. The predicted molar refractivity (Wildman–Crippen MR) is 96.1 cm³/mol. The Labute approximate surface area is 156 Å². The summed E-state index contributed by atoms with van der Waals surface area (Å²) in [4.78, 5) is 12.8. The lowest BCUT2D eigenvalue weighted by atomic mass is 10.0. The van der Waals surface area contributed by atoms with Crippen molar-refractivity contribution in [2.24, 2.45) is 5.73 Å². The fraction of sp³-hybridized carbons (Fsp3) is 0.211. The maximum absolute atomic E-state index is 12.8. The molecule has 7 heteroatoms. The Morgan fingerprint density at radius 1 is 1.19 bits per heavy atom. The number of Topliss-reactive ketones (excluding diaryl/α,β-unsaturated/α-hetero) is 1. The van der Waals surface area contributed by atoms with Crippen molar-refractivity contribution < 1.29 is 26.2 Å². The molecule has 0 bridgehead atoms. The van der Waals surface area contributed by atoms with Gasteiger partial charge in [0.05, 0.1) is 4.11 Å². The molecule has 26 heavy (non-hydrogen) atoms. The molecule has 0 fully saturated rings. The molecular formula is C19H19NO5S. The van der Waals surface area contributed by atoms with E-state index in [-0.39, 0.29) is 11.1 Å². The number of benzene rings is 2. The van der Waals surface area contributed by atoms with Crippen molar-refractivity contribution in [1.82, 2.24) is 0 Å². The van der Waals surface area contributed by atoms with Gasteiger partial charge in [-0.25, -0.2) is 0 Å². The quantitative estimate of drug-likeness (QED) is 0.806. The lowest BCUT2D eigenvalue weighted by molar-refractivity contribution is -0.123. The fourth-order valence-corrected chi connectivity index (χ4v) is 3.42. The highest BCUT2D eigenvalue weighted by atomic mass is 32.2. The molecule has 0 spiro atoms. The van der Waals surface area contributed by atoms with E-state index in [9.17, 15) is 13.2 Å². The van der Waals surface area contributed by atoms with E-state index in [2.05, 4.69) is 0 Å². The molecular weight excluding hydrogens is 354 g/mol. The van der Waals surface area contributed by atoms with Crippen LogP contribution in [0.15, 0.2) is 60.2 Å². The first-order chi connectivity index (χ1) is 13.4. The maximum Gasteiger partial charge on any atom is 0.313 e. The van der Waals surface area contributed by atoms with Crippen LogP contribution in [0.25, 0.3) is 0 Å². The van der Waals surface area contributed by atoms with Crippen molar-refractivity contribution in [2.45, 2.75) is 25.6 Å². The summed E-state index contributed by atoms with van der Waals surface area (Å²) in [6, 6.07) is 12.0. The summed E-state index contributed by atoms with van der Waals surface area (Å²) in [5.41, 5.74) is 4.20. The maximum atomic E-state index is 12.8. The number of rotatable bonds is 5. The van der Waals surface area contributed by atoms with Crippen LogP contribution < -0.4 is 5.73 Å². The van der Waals surface area contributed by atoms with Crippen molar-refractivity contribution in [2.75, 3.05) is 0 Å². The number of ether oxygens (including phenoxy) is 1. The van der Waals surface area contributed by atoms with E-state index < -0.39 is 39.3 Å². The first-order valence-corrected chi connectivity index (χ1v) is 9.11. The summed E-state index contributed by atoms with van der Waals surface area (Å²) in [6.07, 6.45) is -2.33. The number of nitrogens with two attached hydrogens (primary N) is 1. The van der Waals surface area contributed by atoms with Crippen LogP contribution in [0.3, 0.4) is 0 Å². The van der Waals surface area contributed by atoms with Crippen molar-refractivity contribution in [3.05, 3.63) is 82.4 Å². The average Bonchev–Trinajstić information content (AvgIpc) is 2.85. The van der Waals surface area contributed by atoms with Gasteiger partial charge >= 0.3 is 10.1 Å². The van der Waals surface area contributed by atoms with E-state index in [0.717, 1.165) is 11.1 Å². The van der Waals surface area contributed by atoms with Crippen LogP contribution in [0.5, 0.6) is 0 Å². The summed E-state index contributed by atoms with van der Waals surface area (Å²) in [6.45, 7) is 3.54. The molecule has 1 heterocycles. The molecule has 0 aromatic heterocycles. The second kappa shape index (κ2) is 6.84. The van der Waals surface area contributed by atoms with E-state index in [1.165, 1.54) is 24.3 Å². The van der Waals surface area contributed by atoms with Crippen molar-refractivity contribution in [3.63, 3.8) is 0 Å². The van der Waals surface area contributed by atoms with Crippen molar-refractivity contribution in [1.29, 1.82) is 0 Å². The van der Waals surface area contributed by atoms with E-state index in [0.29, 0.717) is 0 Å². The lowest BCUT2D eigenvalue weighted by Gasteiger charge is -2.12. The van der Waals surface area contributed by atoms with E-state index in [4.69, 9.17) is 18.8 Å². The first kappa shape index (κ1) is 14.4. The predicted octanol–water partition coefficient (Wildman–Crippen LogP) is 2.62. The Kier molecular flexibility index (Phi) is 3.78. The van der Waals surface area contributed by atoms with Gasteiger partial charge in [-0.2, -0.15) is 8.42 Å². The average molecular weight is 376 g/mol. The minimum Gasteiger partial charge on any atom is -0.460 e. The van der Waals surface area contributed by atoms with Gasteiger partial charge in [0.1, 0.15) is 5.70 Å². The lowest BCUT2D eigenvalue weighted by Crippen LogP contribution is -2.16. The van der Waals surface area contributed by atoms with E-state index in [1.54, 1.807) is 32.0 Å². The molecule has 0 radical (unpaired) electrons. The highest BCUT2D eigenvalue weighted by molar-refractivity contribution is 7.86. The Balaban J connectivity index is 1.96. The van der Waals surface area contributed by atoms with Crippen LogP contribution in [0.2, 0.25) is 0 Å². The third-order valence-corrected chi connectivity index (χ3v) is 4.41. The fourth-order valence-electron chi connectivity index (χ4n) is 2.57. The number of hydrogen-bond donors (Lipinski definition) is 1. The van der Waals surface area contributed by atoms with Crippen molar-refractivity contribution in [3.8, 4) is 0 Å². The van der Waals surface area contributed by atoms with Crippen LogP contribution in [0, 0.1) is 13.8 Å². The highest BCUT2D eigenvalue weighted by Gasteiger charge is 2.39. The Hall–Kier alpha value is -2.80. The number of hydrogen-bond acceptors (Lipinski definition) is 6. The monoisotopic (exact) mass is 376 g/mol. The molecule has 2 N–H and O–H groups in total. The van der Waals surface area contributed by atoms with Gasteiger partial charge < -0.3 is 14.7 Å². The molecule has 0 saturated carbocycles. The smallest absolute Gasteiger partial charge is 0.313 e. The Morgan fingerprint density at radius 3 is 2.42 bits per heavy atom.